The van der Waals surface area contributed by atoms with E-state index in [-0.39, 0.29) is 5.91 Å². The summed E-state index contributed by atoms with van der Waals surface area (Å²) in [6, 6.07) is 0. The first-order chi connectivity index (χ1) is 5.63. The fourth-order valence-corrected chi connectivity index (χ4v) is 0.851. The molecule has 0 fully saturated rings. The van der Waals surface area contributed by atoms with E-state index in [0.717, 1.165) is 6.42 Å². The summed E-state index contributed by atoms with van der Waals surface area (Å²) in [7, 11) is 1.78. The van der Waals surface area contributed by atoms with E-state index in [9.17, 15) is 4.79 Å². The number of nitrogens with zero attached hydrogens (tertiary/aromatic N) is 1. The van der Waals surface area contributed by atoms with Gasteiger partial charge in [0.05, 0.1) is 0 Å². The molecule has 3 nitrogen and oxygen atoms in total. The van der Waals surface area contributed by atoms with Crippen LogP contribution in [-0.2, 0) is 4.79 Å². The minimum absolute atomic E-state index is 0.0333. The average Bonchev–Trinajstić information content (AvgIpc) is 2.11. The fourth-order valence-electron chi connectivity index (χ4n) is 0.851. The number of nitrogens with two attached hydrogens (primary N) is 1. The van der Waals surface area contributed by atoms with Gasteiger partial charge in [0.25, 0.3) is 0 Å². The molecule has 0 aliphatic rings. The Balaban J connectivity index is 3.84. The molecule has 0 saturated heterocycles. The second kappa shape index (κ2) is 5.77. The third-order valence-electron chi connectivity index (χ3n) is 1.77. The lowest BCUT2D eigenvalue weighted by molar-refractivity contribution is -0.126. The second-order valence-electron chi connectivity index (χ2n) is 2.83. The first-order valence-electron chi connectivity index (χ1n) is 4.26. The number of hydrogen-bond acceptors (Lipinski definition) is 2. The molecule has 3 heteroatoms. The van der Waals surface area contributed by atoms with E-state index in [0.29, 0.717) is 25.1 Å². The van der Waals surface area contributed by atoms with Crippen LogP contribution in [0.25, 0.3) is 0 Å². The SMILES string of the molecule is C=C(CC)C(=O)N(C)CCCN. The molecule has 0 aromatic carbocycles. The van der Waals surface area contributed by atoms with Crippen LogP contribution in [0.1, 0.15) is 19.8 Å². The number of carbonyl (C=O) groups is 1. The molecule has 2 N–H and O–H groups in total. The van der Waals surface area contributed by atoms with Crippen molar-refractivity contribution in [3.8, 4) is 0 Å². The first-order valence-corrected chi connectivity index (χ1v) is 4.26. The van der Waals surface area contributed by atoms with Crippen molar-refractivity contribution in [2.24, 2.45) is 5.73 Å². The summed E-state index contributed by atoms with van der Waals surface area (Å²) in [4.78, 5) is 13.0. The standard InChI is InChI=1S/C9H18N2O/c1-4-8(2)9(12)11(3)7-5-6-10/h2,4-7,10H2,1,3H3. The molecule has 0 rings (SSSR count). The summed E-state index contributed by atoms with van der Waals surface area (Å²) >= 11 is 0. The number of rotatable bonds is 5. The van der Waals surface area contributed by atoms with Crippen molar-refractivity contribution in [1.29, 1.82) is 0 Å². The molecule has 0 saturated carbocycles. The smallest absolute Gasteiger partial charge is 0.248 e. The van der Waals surface area contributed by atoms with Crippen molar-refractivity contribution in [2.75, 3.05) is 20.1 Å². The Morgan fingerprint density at radius 1 is 1.58 bits per heavy atom. The Hall–Kier alpha value is -0.830. The second-order valence-corrected chi connectivity index (χ2v) is 2.83. The molecule has 0 radical (unpaired) electrons. The van der Waals surface area contributed by atoms with E-state index in [4.69, 9.17) is 5.73 Å². The van der Waals surface area contributed by atoms with Gasteiger partial charge in [0, 0.05) is 19.2 Å². The monoisotopic (exact) mass is 170 g/mol. The number of hydrogen-bond donors (Lipinski definition) is 1. The highest BCUT2D eigenvalue weighted by atomic mass is 16.2. The topological polar surface area (TPSA) is 46.3 Å². The van der Waals surface area contributed by atoms with Crippen LogP contribution in [0.5, 0.6) is 0 Å². The van der Waals surface area contributed by atoms with E-state index < -0.39 is 0 Å². The molecular weight excluding hydrogens is 152 g/mol. The number of amides is 1. The van der Waals surface area contributed by atoms with Gasteiger partial charge < -0.3 is 10.6 Å². The average molecular weight is 170 g/mol. The van der Waals surface area contributed by atoms with Crippen LogP contribution >= 0.6 is 0 Å². The van der Waals surface area contributed by atoms with E-state index in [1.54, 1.807) is 11.9 Å². The molecule has 0 heterocycles. The zero-order valence-corrected chi connectivity index (χ0v) is 7.97. The largest absolute Gasteiger partial charge is 0.342 e. The Labute approximate surface area is 74.2 Å². The summed E-state index contributed by atoms with van der Waals surface area (Å²) in [6.45, 7) is 6.95. The molecule has 0 spiro atoms. The summed E-state index contributed by atoms with van der Waals surface area (Å²) in [6.07, 6.45) is 1.56. The van der Waals surface area contributed by atoms with Gasteiger partial charge in [0.2, 0.25) is 5.91 Å². The van der Waals surface area contributed by atoms with Gasteiger partial charge in [0.1, 0.15) is 0 Å². The fraction of sp³-hybridized carbons (Fsp3) is 0.667. The summed E-state index contributed by atoms with van der Waals surface area (Å²) in [5.41, 5.74) is 5.99. The predicted molar refractivity (Wildman–Crippen MR) is 50.7 cm³/mol. The lowest BCUT2D eigenvalue weighted by Crippen LogP contribution is -2.29. The van der Waals surface area contributed by atoms with Crippen molar-refractivity contribution in [2.45, 2.75) is 19.8 Å². The van der Waals surface area contributed by atoms with Crippen LogP contribution in [-0.4, -0.2) is 30.9 Å². The minimum Gasteiger partial charge on any atom is -0.342 e. The van der Waals surface area contributed by atoms with Crippen LogP contribution in [0.4, 0.5) is 0 Å². The van der Waals surface area contributed by atoms with E-state index in [1.807, 2.05) is 6.92 Å². The molecule has 0 atom stereocenters. The zero-order chi connectivity index (χ0) is 9.56. The minimum atomic E-state index is 0.0333. The van der Waals surface area contributed by atoms with Gasteiger partial charge in [-0.2, -0.15) is 0 Å². The number of carbonyl (C=O) groups excluding carboxylic acids is 1. The van der Waals surface area contributed by atoms with Gasteiger partial charge in [-0.15, -0.1) is 0 Å². The maximum Gasteiger partial charge on any atom is 0.248 e. The third kappa shape index (κ3) is 3.53. The molecule has 0 bridgehead atoms. The molecule has 1 amide bonds. The molecule has 0 unspecified atom stereocenters. The summed E-state index contributed by atoms with van der Waals surface area (Å²) in [5, 5.41) is 0. The van der Waals surface area contributed by atoms with E-state index >= 15 is 0 Å². The van der Waals surface area contributed by atoms with Crippen molar-refractivity contribution in [3.63, 3.8) is 0 Å². The summed E-state index contributed by atoms with van der Waals surface area (Å²) < 4.78 is 0. The van der Waals surface area contributed by atoms with Gasteiger partial charge >= 0.3 is 0 Å². The molecule has 70 valence electrons. The Kier molecular flexibility index (Phi) is 5.37. The predicted octanol–water partition coefficient (Wildman–Crippen LogP) is 0.760. The molecule has 0 aliphatic carbocycles. The van der Waals surface area contributed by atoms with E-state index in [2.05, 4.69) is 6.58 Å². The first kappa shape index (κ1) is 11.2. The van der Waals surface area contributed by atoms with Gasteiger partial charge in [0.15, 0.2) is 0 Å². The lowest BCUT2D eigenvalue weighted by atomic mass is 10.2. The van der Waals surface area contributed by atoms with Crippen LogP contribution in [0.2, 0.25) is 0 Å². The summed E-state index contributed by atoms with van der Waals surface area (Å²) in [5.74, 6) is 0.0333. The molecular formula is C9H18N2O. The highest BCUT2D eigenvalue weighted by Crippen LogP contribution is 2.01. The lowest BCUT2D eigenvalue weighted by Gasteiger charge is -2.17. The van der Waals surface area contributed by atoms with Crippen LogP contribution in [0.3, 0.4) is 0 Å². The van der Waals surface area contributed by atoms with Crippen molar-refractivity contribution in [1.82, 2.24) is 4.90 Å². The Bertz CT molecular complexity index is 166. The molecule has 0 aromatic heterocycles. The van der Waals surface area contributed by atoms with Crippen molar-refractivity contribution < 1.29 is 4.79 Å². The highest BCUT2D eigenvalue weighted by molar-refractivity contribution is 5.92. The molecule has 0 aromatic rings. The zero-order valence-electron chi connectivity index (χ0n) is 7.97. The van der Waals surface area contributed by atoms with Gasteiger partial charge in [-0.05, 0) is 19.4 Å². The van der Waals surface area contributed by atoms with Gasteiger partial charge in [-0.1, -0.05) is 13.5 Å². The van der Waals surface area contributed by atoms with Gasteiger partial charge in [-0.25, -0.2) is 0 Å². The quantitative estimate of drug-likeness (QED) is 0.619. The Morgan fingerprint density at radius 3 is 2.58 bits per heavy atom. The third-order valence-corrected chi connectivity index (χ3v) is 1.77. The van der Waals surface area contributed by atoms with Crippen LogP contribution < -0.4 is 5.73 Å². The molecule has 0 aliphatic heterocycles. The van der Waals surface area contributed by atoms with Crippen molar-refractivity contribution >= 4 is 5.91 Å². The maximum atomic E-state index is 11.4. The van der Waals surface area contributed by atoms with Crippen LogP contribution in [0, 0.1) is 0 Å². The van der Waals surface area contributed by atoms with Crippen molar-refractivity contribution in [3.05, 3.63) is 12.2 Å². The number of likely N-dealkylation sites (N-methyl/N-ethyl adjacent to an activating group) is 1. The van der Waals surface area contributed by atoms with Crippen LogP contribution in [0.15, 0.2) is 12.2 Å². The van der Waals surface area contributed by atoms with Gasteiger partial charge in [-0.3, -0.25) is 4.79 Å². The maximum absolute atomic E-state index is 11.4. The highest BCUT2D eigenvalue weighted by Gasteiger charge is 2.09. The Morgan fingerprint density at radius 2 is 2.17 bits per heavy atom. The molecule has 12 heavy (non-hydrogen) atoms. The normalized spacial score (nSPS) is 9.58. The van der Waals surface area contributed by atoms with E-state index in [1.165, 1.54) is 0 Å².